The number of rotatable bonds is 1. The molecule has 0 aromatic carbocycles. The number of nitrogens with zero attached hydrogens (tertiary/aromatic N) is 2. The van der Waals surface area contributed by atoms with E-state index in [2.05, 4.69) is 22.9 Å². The molecule has 0 saturated carbocycles. The molecule has 2 heterocycles. The molecular formula is C11H17N3. The first-order valence-electron chi connectivity index (χ1n) is 5.22. The molecule has 0 amide bonds. The predicted molar refractivity (Wildman–Crippen MR) is 58.3 cm³/mol. The lowest BCUT2D eigenvalue weighted by Gasteiger charge is -2.38. The molecule has 1 aliphatic heterocycles. The van der Waals surface area contributed by atoms with Crippen LogP contribution in [0.25, 0.3) is 0 Å². The minimum absolute atomic E-state index is 0.283. The Morgan fingerprint density at radius 1 is 1.50 bits per heavy atom. The fraction of sp³-hybridized carbons (Fsp3) is 0.545. The molecule has 1 aliphatic rings. The Bertz CT molecular complexity index is 286. The molecule has 2 N–H and O–H groups in total. The van der Waals surface area contributed by atoms with Gasteiger partial charge in [0.05, 0.1) is 0 Å². The summed E-state index contributed by atoms with van der Waals surface area (Å²) in [7, 11) is 0. The van der Waals surface area contributed by atoms with Gasteiger partial charge in [-0.05, 0) is 31.9 Å². The van der Waals surface area contributed by atoms with Crippen molar-refractivity contribution in [1.29, 1.82) is 0 Å². The summed E-state index contributed by atoms with van der Waals surface area (Å²) >= 11 is 0. The number of piperidine rings is 1. The maximum Gasteiger partial charge on any atom is 0.128 e. The average Bonchev–Trinajstić information content (AvgIpc) is 2.23. The van der Waals surface area contributed by atoms with E-state index in [0.29, 0.717) is 6.04 Å². The van der Waals surface area contributed by atoms with Gasteiger partial charge >= 0.3 is 0 Å². The van der Waals surface area contributed by atoms with Crippen LogP contribution in [0.1, 0.15) is 19.8 Å². The lowest BCUT2D eigenvalue weighted by molar-refractivity contribution is 0.418. The largest absolute Gasteiger partial charge is 0.352 e. The topological polar surface area (TPSA) is 42.1 Å². The van der Waals surface area contributed by atoms with Gasteiger partial charge in [-0.1, -0.05) is 6.07 Å². The van der Waals surface area contributed by atoms with Crippen molar-refractivity contribution in [2.45, 2.75) is 31.8 Å². The molecule has 1 aromatic heterocycles. The van der Waals surface area contributed by atoms with Gasteiger partial charge in [0.2, 0.25) is 0 Å². The molecule has 14 heavy (non-hydrogen) atoms. The number of anilines is 1. The molecule has 1 fully saturated rings. The molecule has 0 unspecified atom stereocenters. The van der Waals surface area contributed by atoms with E-state index in [4.69, 9.17) is 5.73 Å². The summed E-state index contributed by atoms with van der Waals surface area (Å²) in [5.41, 5.74) is 6.04. The summed E-state index contributed by atoms with van der Waals surface area (Å²) < 4.78 is 0. The third-order valence-electron chi connectivity index (χ3n) is 2.99. The molecule has 3 nitrogen and oxygen atoms in total. The van der Waals surface area contributed by atoms with E-state index < -0.39 is 0 Å². The van der Waals surface area contributed by atoms with E-state index in [1.165, 1.54) is 6.42 Å². The van der Waals surface area contributed by atoms with E-state index in [-0.39, 0.29) is 6.04 Å². The number of pyridine rings is 1. The van der Waals surface area contributed by atoms with Crippen LogP contribution in [0.15, 0.2) is 24.4 Å². The van der Waals surface area contributed by atoms with Crippen LogP contribution in [0.3, 0.4) is 0 Å². The molecule has 76 valence electrons. The molecule has 1 saturated heterocycles. The predicted octanol–water partition coefficient (Wildman–Crippen LogP) is 1.40. The maximum atomic E-state index is 6.04. The first-order valence-corrected chi connectivity index (χ1v) is 5.22. The summed E-state index contributed by atoms with van der Waals surface area (Å²) in [5, 5.41) is 0. The standard InChI is InChI=1S/C11H17N3/c1-9-10(12)5-4-8-14(9)11-6-2-3-7-13-11/h2-3,6-7,9-10H,4-5,8,12H2,1H3/t9-,10-/m1/s1. The van der Waals surface area contributed by atoms with E-state index in [0.717, 1.165) is 18.8 Å². The summed E-state index contributed by atoms with van der Waals surface area (Å²) in [6.07, 6.45) is 4.13. The minimum Gasteiger partial charge on any atom is -0.352 e. The molecule has 0 radical (unpaired) electrons. The molecule has 2 rings (SSSR count). The van der Waals surface area contributed by atoms with Crippen molar-refractivity contribution in [2.24, 2.45) is 5.73 Å². The highest BCUT2D eigenvalue weighted by Crippen LogP contribution is 2.21. The molecule has 1 aromatic rings. The van der Waals surface area contributed by atoms with Crippen LogP contribution < -0.4 is 10.6 Å². The SMILES string of the molecule is C[C@@H]1[C@H](N)CCCN1c1ccccn1. The van der Waals surface area contributed by atoms with Crippen molar-refractivity contribution in [3.05, 3.63) is 24.4 Å². The average molecular weight is 191 g/mol. The second-order valence-electron chi connectivity index (χ2n) is 3.93. The zero-order chi connectivity index (χ0) is 9.97. The highest BCUT2D eigenvalue weighted by molar-refractivity contribution is 5.40. The monoisotopic (exact) mass is 191 g/mol. The van der Waals surface area contributed by atoms with Crippen molar-refractivity contribution < 1.29 is 0 Å². The quantitative estimate of drug-likeness (QED) is 0.729. The summed E-state index contributed by atoms with van der Waals surface area (Å²) in [6.45, 7) is 3.25. The van der Waals surface area contributed by atoms with Crippen LogP contribution in [0, 0.1) is 0 Å². The van der Waals surface area contributed by atoms with Gasteiger partial charge in [0.25, 0.3) is 0 Å². The summed E-state index contributed by atoms with van der Waals surface area (Å²) in [5.74, 6) is 1.05. The van der Waals surface area contributed by atoms with E-state index >= 15 is 0 Å². The number of hydrogen-bond donors (Lipinski definition) is 1. The minimum atomic E-state index is 0.283. The molecule has 0 spiro atoms. The fourth-order valence-electron chi connectivity index (χ4n) is 2.02. The third kappa shape index (κ3) is 1.73. The fourth-order valence-corrected chi connectivity index (χ4v) is 2.02. The molecule has 2 atom stereocenters. The Morgan fingerprint density at radius 3 is 3.07 bits per heavy atom. The van der Waals surface area contributed by atoms with Crippen LogP contribution in [-0.4, -0.2) is 23.6 Å². The Hall–Kier alpha value is -1.09. The third-order valence-corrected chi connectivity index (χ3v) is 2.99. The zero-order valence-electron chi connectivity index (χ0n) is 8.56. The first kappa shape index (κ1) is 9.46. The van der Waals surface area contributed by atoms with Gasteiger partial charge in [0.1, 0.15) is 5.82 Å². The van der Waals surface area contributed by atoms with E-state index in [1.54, 1.807) is 0 Å². The summed E-state index contributed by atoms with van der Waals surface area (Å²) in [6, 6.07) is 6.70. The maximum absolute atomic E-state index is 6.04. The Labute approximate surface area is 84.9 Å². The van der Waals surface area contributed by atoms with Gasteiger partial charge in [-0.25, -0.2) is 4.98 Å². The van der Waals surface area contributed by atoms with Crippen molar-refractivity contribution in [3.63, 3.8) is 0 Å². The first-order chi connectivity index (χ1) is 6.79. The molecule has 0 bridgehead atoms. The van der Waals surface area contributed by atoms with Gasteiger partial charge in [-0.15, -0.1) is 0 Å². The van der Waals surface area contributed by atoms with Crippen LogP contribution in [0.2, 0.25) is 0 Å². The zero-order valence-corrected chi connectivity index (χ0v) is 8.56. The molecular weight excluding hydrogens is 174 g/mol. The van der Waals surface area contributed by atoms with E-state index in [1.807, 2.05) is 18.3 Å². The van der Waals surface area contributed by atoms with Gasteiger partial charge < -0.3 is 10.6 Å². The number of hydrogen-bond acceptors (Lipinski definition) is 3. The van der Waals surface area contributed by atoms with Crippen LogP contribution in [0.4, 0.5) is 5.82 Å². The Balaban J connectivity index is 2.17. The Morgan fingerprint density at radius 2 is 2.36 bits per heavy atom. The number of aromatic nitrogens is 1. The van der Waals surface area contributed by atoms with E-state index in [9.17, 15) is 0 Å². The second kappa shape index (κ2) is 3.96. The normalized spacial score (nSPS) is 27.7. The van der Waals surface area contributed by atoms with Gasteiger partial charge in [0, 0.05) is 24.8 Å². The Kier molecular flexibility index (Phi) is 2.68. The van der Waals surface area contributed by atoms with Gasteiger partial charge in [-0.2, -0.15) is 0 Å². The van der Waals surface area contributed by atoms with Crippen LogP contribution >= 0.6 is 0 Å². The van der Waals surface area contributed by atoms with Crippen molar-refractivity contribution in [3.8, 4) is 0 Å². The van der Waals surface area contributed by atoms with Crippen molar-refractivity contribution in [1.82, 2.24) is 4.98 Å². The summed E-state index contributed by atoms with van der Waals surface area (Å²) in [4.78, 5) is 6.66. The van der Waals surface area contributed by atoms with Crippen LogP contribution in [-0.2, 0) is 0 Å². The lowest BCUT2D eigenvalue weighted by atomic mass is 9.98. The highest BCUT2D eigenvalue weighted by atomic mass is 15.2. The second-order valence-corrected chi connectivity index (χ2v) is 3.93. The molecule has 0 aliphatic carbocycles. The molecule has 3 heteroatoms. The van der Waals surface area contributed by atoms with Gasteiger partial charge in [0.15, 0.2) is 0 Å². The van der Waals surface area contributed by atoms with Gasteiger partial charge in [-0.3, -0.25) is 0 Å². The smallest absolute Gasteiger partial charge is 0.128 e. The number of nitrogens with two attached hydrogens (primary N) is 1. The van der Waals surface area contributed by atoms with Crippen LogP contribution in [0.5, 0.6) is 0 Å². The van der Waals surface area contributed by atoms with Crippen molar-refractivity contribution in [2.75, 3.05) is 11.4 Å². The highest BCUT2D eigenvalue weighted by Gasteiger charge is 2.25. The lowest BCUT2D eigenvalue weighted by Crippen LogP contribution is -2.50. The van der Waals surface area contributed by atoms with Crippen molar-refractivity contribution >= 4 is 5.82 Å².